The van der Waals surface area contributed by atoms with Crippen molar-refractivity contribution < 1.29 is 0 Å². The lowest BCUT2D eigenvalue weighted by Gasteiger charge is -2.39. The molecular weight excluding hydrogens is 380 g/mol. The van der Waals surface area contributed by atoms with Gasteiger partial charge in [-0.2, -0.15) is 0 Å². The Kier molecular flexibility index (Phi) is 5.71. The molecular formula is C19H23ClN6S. The van der Waals surface area contributed by atoms with Gasteiger partial charge in [0.25, 0.3) is 0 Å². The number of hydrogen-bond acceptors (Lipinski definition) is 6. The van der Waals surface area contributed by atoms with E-state index in [-0.39, 0.29) is 6.04 Å². The molecule has 0 N–H and O–H groups in total. The first kappa shape index (κ1) is 18.4. The van der Waals surface area contributed by atoms with E-state index < -0.39 is 0 Å². The van der Waals surface area contributed by atoms with Crippen LogP contribution in [-0.4, -0.2) is 51.3 Å². The van der Waals surface area contributed by atoms with E-state index in [1.807, 2.05) is 22.9 Å². The van der Waals surface area contributed by atoms with Crippen LogP contribution in [-0.2, 0) is 6.54 Å². The maximum Gasteiger partial charge on any atom is 0.168 e. The Bertz CT molecular complexity index is 857. The molecule has 3 heterocycles. The van der Waals surface area contributed by atoms with Crippen molar-refractivity contribution in [1.29, 1.82) is 0 Å². The SMILES string of the molecule is CC[C@@H](c1nnnn1Cc1cccs1)N1CCN(c2cccc(Cl)c2)CC1. The highest BCUT2D eigenvalue weighted by molar-refractivity contribution is 7.09. The maximum absolute atomic E-state index is 6.15. The Morgan fingerprint density at radius 3 is 2.70 bits per heavy atom. The van der Waals surface area contributed by atoms with E-state index in [1.54, 1.807) is 11.3 Å². The van der Waals surface area contributed by atoms with Gasteiger partial charge in [0.15, 0.2) is 5.82 Å². The summed E-state index contributed by atoms with van der Waals surface area (Å²) in [4.78, 5) is 6.16. The molecule has 0 spiro atoms. The Morgan fingerprint density at radius 2 is 2.00 bits per heavy atom. The molecule has 1 aliphatic heterocycles. The zero-order valence-corrected chi connectivity index (χ0v) is 16.9. The van der Waals surface area contributed by atoms with Gasteiger partial charge in [-0.25, -0.2) is 4.68 Å². The molecule has 0 bridgehead atoms. The van der Waals surface area contributed by atoms with Gasteiger partial charge in [-0.1, -0.05) is 30.7 Å². The molecule has 0 unspecified atom stereocenters. The molecule has 0 radical (unpaired) electrons. The number of piperazine rings is 1. The van der Waals surface area contributed by atoms with E-state index in [9.17, 15) is 0 Å². The lowest BCUT2D eigenvalue weighted by Crippen LogP contribution is -2.48. The molecule has 0 amide bonds. The third-order valence-electron chi connectivity index (χ3n) is 5.06. The number of benzene rings is 1. The number of aromatic nitrogens is 4. The first-order valence-corrected chi connectivity index (χ1v) is 10.5. The predicted molar refractivity (Wildman–Crippen MR) is 110 cm³/mol. The van der Waals surface area contributed by atoms with Gasteiger partial charge in [0.1, 0.15) is 0 Å². The van der Waals surface area contributed by atoms with Crippen LogP contribution < -0.4 is 4.90 Å². The lowest BCUT2D eigenvalue weighted by atomic mass is 10.1. The third kappa shape index (κ3) is 4.15. The molecule has 1 aliphatic rings. The predicted octanol–water partition coefficient (Wildman–Crippen LogP) is 3.71. The Morgan fingerprint density at radius 1 is 1.15 bits per heavy atom. The van der Waals surface area contributed by atoms with Crippen LogP contribution in [0.4, 0.5) is 5.69 Å². The summed E-state index contributed by atoms with van der Waals surface area (Å²) in [5.41, 5.74) is 1.19. The van der Waals surface area contributed by atoms with Crippen molar-refractivity contribution >= 4 is 28.6 Å². The van der Waals surface area contributed by atoms with Crippen LogP contribution in [0.5, 0.6) is 0 Å². The number of halogens is 1. The highest BCUT2D eigenvalue weighted by Crippen LogP contribution is 2.27. The smallest absolute Gasteiger partial charge is 0.168 e. The first-order valence-electron chi connectivity index (χ1n) is 9.27. The van der Waals surface area contributed by atoms with E-state index in [0.29, 0.717) is 0 Å². The first-order chi connectivity index (χ1) is 13.2. The second kappa shape index (κ2) is 8.37. The van der Waals surface area contributed by atoms with Crippen LogP contribution in [0, 0.1) is 0 Å². The zero-order valence-electron chi connectivity index (χ0n) is 15.3. The van der Waals surface area contributed by atoms with Gasteiger partial charge in [0.05, 0.1) is 12.6 Å². The summed E-state index contributed by atoms with van der Waals surface area (Å²) >= 11 is 7.88. The molecule has 1 fully saturated rings. The van der Waals surface area contributed by atoms with Crippen molar-refractivity contribution in [1.82, 2.24) is 25.1 Å². The monoisotopic (exact) mass is 402 g/mol. The minimum atomic E-state index is 0.237. The standard InChI is InChI=1S/C19H23ClN6S/c1-2-18(19-21-22-23-26(19)14-17-7-4-12-27-17)25-10-8-24(9-11-25)16-6-3-5-15(20)13-16/h3-7,12-13,18H,2,8-11,14H2,1H3/t18-/m0/s1. The molecule has 0 aliphatic carbocycles. The van der Waals surface area contributed by atoms with Gasteiger partial charge in [-0.3, -0.25) is 4.90 Å². The Balaban J connectivity index is 1.45. The molecule has 8 heteroatoms. The number of nitrogens with zero attached hydrogens (tertiary/aromatic N) is 6. The number of rotatable bonds is 6. The van der Waals surface area contributed by atoms with Gasteiger partial charge in [0, 0.05) is 41.8 Å². The van der Waals surface area contributed by atoms with E-state index in [1.165, 1.54) is 10.6 Å². The fraction of sp³-hybridized carbons (Fsp3) is 0.421. The summed E-state index contributed by atoms with van der Waals surface area (Å²) in [6.45, 7) is 6.86. The fourth-order valence-electron chi connectivity index (χ4n) is 3.68. The normalized spacial score (nSPS) is 16.6. The maximum atomic E-state index is 6.15. The van der Waals surface area contributed by atoms with Gasteiger partial charge < -0.3 is 4.90 Å². The molecule has 3 aromatic rings. The van der Waals surface area contributed by atoms with Crippen molar-refractivity contribution in [3.05, 3.63) is 57.5 Å². The van der Waals surface area contributed by atoms with E-state index in [2.05, 4.69) is 55.8 Å². The molecule has 1 aromatic carbocycles. The van der Waals surface area contributed by atoms with Crippen LogP contribution in [0.2, 0.25) is 5.02 Å². The van der Waals surface area contributed by atoms with Crippen LogP contribution in [0.1, 0.15) is 30.1 Å². The summed E-state index contributed by atoms with van der Waals surface area (Å²) in [7, 11) is 0. The molecule has 27 heavy (non-hydrogen) atoms. The number of anilines is 1. The average Bonchev–Trinajstić information content (AvgIpc) is 3.36. The van der Waals surface area contributed by atoms with E-state index in [4.69, 9.17) is 11.6 Å². The summed E-state index contributed by atoms with van der Waals surface area (Å²) in [6.07, 6.45) is 0.988. The van der Waals surface area contributed by atoms with Crippen LogP contribution in [0.25, 0.3) is 0 Å². The number of tetrazole rings is 1. The molecule has 1 saturated heterocycles. The van der Waals surface area contributed by atoms with Crippen molar-refractivity contribution in [2.75, 3.05) is 31.1 Å². The van der Waals surface area contributed by atoms with Gasteiger partial charge in [-0.05, 0) is 46.5 Å². The minimum Gasteiger partial charge on any atom is -0.369 e. The molecule has 2 aromatic heterocycles. The second-order valence-corrected chi connectivity index (χ2v) is 8.17. The van der Waals surface area contributed by atoms with Gasteiger partial charge >= 0.3 is 0 Å². The van der Waals surface area contributed by atoms with Crippen molar-refractivity contribution in [3.63, 3.8) is 0 Å². The Hall–Kier alpha value is -1.96. The van der Waals surface area contributed by atoms with E-state index in [0.717, 1.165) is 50.0 Å². The molecule has 1 atom stereocenters. The third-order valence-corrected chi connectivity index (χ3v) is 6.15. The lowest BCUT2D eigenvalue weighted by molar-refractivity contribution is 0.170. The second-order valence-electron chi connectivity index (χ2n) is 6.70. The summed E-state index contributed by atoms with van der Waals surface area (Å²) < 4.78 is 1.95. The van der Waals surface area contributed by atoms with Crippen LogP contribution in [0.15, 0.2) is 41.8 Å². The van der Waals surface area contributed by atoms with Gasteiger partial charge in [-0.15, -0.1) is 16.4 Å². The topological polar surface area (TPSA) is 50.1 Å². The number of hydrogen-bond donors (Lipinski definition) is 0. The summed E-state index contributed by atoms with van der Waals surface area (Å²) in [5, 5.41) is 15.4. The molecule has 6 nitrogen and oxygen atoms in total. The quantitative estimate of drug-likeness (QED) is 0.629. The molecule has 4 rings (SSSR count). The zero-order chi connectivity index (χ0) is 18.6. The van der Waals surface area contributed by atoms with Crippen molar-refractivity contribution in [3.8, 4) is 0 Å². The van der Waals surface area contributed by atoms with Gasteiger partial charge in [0.2, 0.25) is 0 Å². The average molecular weight is 403 g/mol. The van der Waals surface area contributed by atoms with Crippen molar-refractivity contribution in [2.24, 2.45) is 0 Å². The minimum absolute atomic E-state index is 0.237. The highest BCUT2D eigenvalue weighted by Gasteiger charge is 2.28. The summed E-state index contributed by atoms with van der Waals surface area (Å²) in [6, 6.07) is 12.5. The van der Waals surface area contributed by atoms with Crippen LogP contribution >= 0.6 is 22.9 Å². The highest BCUT2D eigenvalue weighted by atomic mass is 35.5. The van der Waals surface area contributed by atoms with Crippen molar-refractivity contribution in [2.45, 2.75) is 25.9 Å². The number of thiophene rings is 1. The van der Waals surface area contributed by atoms with E-state index >= 15 is 0 Å². The molecule has 142 valence electrons. The van der Waals surface area contributed by atoms with Crippen LogP contribution in [0.3, 0.4) is 0 Å². The molecule has 0 saturated carbocycles. The largest absolute Gasteiger partial charge is 0.369 e. The fourth-order valence-corrected chi connectivity index (χ4v) is 4.55. The Labute approximate surface area is 168 Å². The summed E-state index contributed by atoms with van der Waals surface area (Å²) in [5.74, 6) is 0.960.